The summed E-state index contributed by atoms with van der Waals surface area (Å²) in [6.45, 7) is 9.22. The Bertz CT molecular complexity index is 283. The minimum absolute atomic E-state index is 0.549. The van der Waals surface area contributed by atoms with Crippen LogP contribution < -0.4 is 11.1 Å². The van der Waals surface area contributed by atoms with Crippen LogP contribution in [0.3, 0.4) is 0 Å². The fourth-order valence-electron chi connectivity index (χ4n) is 1.19. The van der Waals surface area contributed by atoms with Crippen LogP contribution in [-0.4, -0.2) is 11.5 Å². The van der Waals surface area contributed by atoms with Crippen molar-refractivity contribution in [2.75, 3.05) is 6.54 Å². The summed E-state index contributed by atoms with van der Waals surface area (Å²) in [6, 6.07) is 0. The van der Waals surface area contributed by atoms with Crippen molar-refractivity contribution in [3.8, 4) is 0 Å². The molecule has 0 aliphatic carbocycles. The first-order chi connectivity index (χ1) is 7.13. The van der Waals surface area contributed by atoms with Crippen molar-refractivity contribution >= 4 is 11.3 Å². The van der Waals surface area contributed by atoms with E-state index in [9.17, 15) is 0 Å². The Morgan fingerprint density at radius 2 is 2.20 bits per heavy atom. The second-order valence-electron chi connectivity index (χ2n) is 4.29. The fourth-order valence-corrected chi connectivity index (χ4v) is 1.86. The summed E-state index contributed by atoms with van der Waals surface area (Å²) in [4.78, 5) is 4.40. The summed E-state index contributed by atoms with van der Waals surface area (Å²) in [7, 11) is 0. The molecule has 1 rings (SSSR count). The van der Waals surface area contributed by atoms with Crippen LogP contribution in [0.25, 0.3) is 0 Å². The third-order valence-corrected chi connectivity index (χ3v) is 3.60. The first-order valence-electron chi connectivity index (χ1n) is 5.47. The van der Waals surface area contributed by atoms with Crippen molar-refractivity contribution in [3.05, 3.63) is 16.1 Å². The predicted octanol–water partition coefficient (Wildman–Crippen LogP) is 1.98. The minimum atomic E-state index is 0.549. The fraction of sp³-hybridized carbons (Fsp3) is 0.727. The molecule has 0 bridgehead atoms. The van der Waals surface area contributed by atoms with E-state index in [2.05, 4.69) is 36.5 Å². The molecule has 3 nitrogen and oxygen atoms in total. The van der Waals surface area contributed by atoms with Gasteiger partial charge in [0, 0.05) is 18.5 Å². The molecular formula is C11H21N3S. The average molecular weight is 227 g/mol. The van der Waals surface area contributed by atoms with E-state index in [4.69, 9.17) is 5.73 Å². The Morgan fingerprint density at radius 1 is 1.47 bits per heavy atom. The summed E-state index contributed by atoms with van der Waals surface area (Å²) in [5.41, 5.74) is 6.62. The number of hydrogen-bond acceptors (Lipinski definition) is 4. The van der Waals surface area contributed by atoms with Crippen molar-refractivity contribution in [2.45, 2.75) is 33.9 Å². The molecule has 3 N–H and O–H groups in total. The van der Waals surface area contributed by atoms with Gasteiger partial charge in [-0.2, -0.15) is 0 Å². The lowest BCUT2D eigenvalue weighted by Crippen LogP contribution is -2.23. The number of nitrogens with zero attached hydrogens (tertiary/aromatic N) is 1. The van der Waals surface area contributed by atoms with E-state index < -0.39 is 0 Å². The Morgan fingerprint density at radius 3 is 2.73 bits per heavy atom. The summed E-state index contributed by atoms with van der Waals surface area (Å²) >= 11 is 1.64. The van der Waals surface area contributed by atoms with E-state index in [0.717, 1.165) is 29.7 Å². The molecule has 1 aromatic heterocycles. The molecule has 1 unspecified atom stereocenters. The maximum absolute atomic E-state index is 5.51. The van der Waals surface area contributed by atoms with E-state index in [0.29, 0.717) is 12.5 Å². The van der Waals surface area contributed by atoms with E-state index in [1.807, 2.05) is 0 Å². The van der Waals surface area contributed by atoms with Crippen LogP contribution in [-0.2, 0) is 13.1 Å². The van der Waals surface area contributed by atoms with Crippen molar-refractivity contribution in [2.24, 2.45) is 17.6 Å². The normalized spacial score (nSPS) is 13.4. The van der Waals surface area contributed by atoms with Gasteiger partial charge in [-0.25, -0.2) is 4.98 Å². The third kappa shape index (κ3) is 4.28. The van der Waals surface area contributed by atoms with Crippen molar-refractivity contribution in [3.63, 3.8) is 0 Å². The molecule has 1 heterocycles. The van der Waals surface area contributed by atoms with Gasteiger partial charge in [0.1, 0.15) is 5.01 Å². The summed E-state index contributed by atoms with van der Waals surface area (Å²) in [5.74, 6) is 1.44. The van der Waals surface area contributed by atoms with Crippen LogP contribution in [0, 0.1) is 11.8 Å². The number of thiazole rings is 1. The quantitative estimate of drug-likeness (QED) is 0.781. The lowest BCUT2D eigenvalue weighted by Gasteiger charge is -2.15. The maximum atomic E-state index is 5.51. The Labute approximate surface area is 96.1 Å². The molecule has 0 spiro atoms. The largest absolute Gasteiger partial charge is 0.325 e. The monoisotopic (exact) mass is 227 g/mol. The summed E-state index contributed by atoms with van der Waals surface area (Å²) in [5, 5.41) is 6.52. The van der Waals surface area contributed by atoms with Gasteiger partial charge in [-0.05, 0) is 18.4 Å². The van der Waals surface area contributed by atoms with Crippen LogP contribution in [0.5, 0.6) is 0 Å². The molecule has 0 aromatic carbocycles. The zero-order valence-corrected chi connectivity index (χ0v) is 10.6. The zero-order valence-electron chi connectivity index (χ0n) is 9.79. The molecular weight excluding hydrogens is 206 g/mol. The maximum Gasteiger partial charge on any atom is 0.106 e. The topological polar surface area (TPSA) is 50.9 Å². The first kappa shape index (κ1) is 12.6. The van der Waals surface area contributed by atoms with Crippen molar-refractivity contribution in [1.29, 1.82) is 0 Å². The van der Waals surface area contributed by atoms with Gasteiger partial charge in [0.05, 0.1) is 5.69 Å². The van der Waals surface area contributed by atoms with E-state index in [1.165, 1.54) is 0 Å². The van der Waals surface area contributed by atoms with Crippen LogP contribution in [0.1, 0.15) is 31.5 Å². The van der Waals surface area contributed by atoms with Gasteiger partial charge in [-0.1, -0.05) is 20.8 Å². The SMILES string of the molecule is CC(C)C(C)CNCc1csc(CN)n1. The van der Waals surface area contributed by atoms with Crippen molar-refractivity contribution in [1.82, 2.24) is 10.3 Å². The van der Waals surface area contributed by atoms with Gasteiger partial charge in [-0.15, -0.1) is 11.3 Å². The highest BCUT2D eigenvalue weighted by atomic mass is 32.1. The second-order valence-corrected chi connectivity index (χ2v) is 5.23. The highest BCUT2D eigenvalue weighted by molar-refractivity contribution is 7.09. The minimum Gasteiger partial charge on any atom is -0.325 e. The Balaban J connectivity index is 2.25. The molecule has 1 aromatic rings. The Kier molecular flexibility index (Phi) is 5.22. The number of nitrogens with two attached hydrogens (primary N) is 1. The van der Waals surface area contributed by atoms with E-state index >= 15 is 0 Å². The molecule has 0 amide bonds. The highest BCUT2D eigenvalue weighted by Gasteiger charge is 2.06. The molecule has 86 valence electrons. The molecule has 0 saturated heterocycles. The third-order valence-electron chi connectivity index (χ3n) is 2.68. The van der Waals surface area contributed by atoms with Gasteiger partial charge in [-0.3, -0.25) is 0 Å². The molecule has 0 radical (unpaired) electrons. The molecule has 15 heavy (non-hydrogen) atoms. The van der Waals surface area contributed by atoms with Gasteiger partial charge in [0.2, 0.25) is 0 Å². The van der Waals surface area contributed by atoms with Gasteiger partial charge in [0.15, 0.2) is 0 Å². The predicted molar refractivity (Wildman–Crippen MR) is 65.7 cm³/mol. The molecule has 1 atom stereocenters. The van der Waals surface area contributed by atoms with Crippen LogP contribution in [0.2, 0.25) is 0 Å². The van der Waals surface area contributed by atoms with E-state index in [1.54, 1.807) is 11.3 Å². The van der Waals surface area contributed by atoms with Crippen LogP contribution in [0.15, 0.2) is 5.38 Å². The molecule has 4 heteroatoms. The van der Waals surface area contributed by atoms with Gasteiger partial charge in [0.25, 0.3) is 0 Å². The van der Waals surface area contributed by atoms with Crippen molar-refractivity contribution < 1.29 is 0 Å². The standard InChI is InChI=1S/C11H21N3S/c1-8(2)9(3)5-13-6-10-7-15-11(4-12)14-10/h7-9,13H,4-6,12H2,1-3H3. The number of aromatic nitrogens is 1. The summed E-state index contributed by atoms with van der Waals surface area (Å²) in [6.07, 6.45) is 0. The smallest absolute Gasteiger partial charge is 0.106 e. The lowest BCUT2D eigenvalue weighted by molar-refractivity contribution is 0.392. The second kappa shape index (κ2) is 6.20. The van der Waals surface area contributed by atoms with Gasteiger partial charge >= 0.3 is 0 Å². The van der Waals surface area contributed by atoms with E-state index in [-0.39, 0.29) is 0 Å². The Hall–Kier alpha value is -0.450. The van der Waals surface area contributed by atoms with Gasteiger partial charge < -0.3 is 11.1 Å². The summed E-state index contributed by atoms with van der Waals surface area (Å²) < 4.78 is 0. The number of hydrogen-bond donors (Lipinski definition) is 2. The number of nitrogens with one attached hydrogen (secondary N) is 1. The molecule has 0 aliphatic heterocycles. The zero-order chi connectivity index (χ0) is 11.3. The molecule has 0 aliphatic rings. The highest BCUT2D eigenvalue weighted by Crippen LogP contribution is 2.10. The van der Waals surface area contributed by atoms with Crippen LogP contribution >= 0.6 is 11.3 Å². The average Bonchev–Trinajstić information content (AvgIpc) is 2.65. The number of rotatable bonds is 6. The lowest BCUT2D eigenvalue weighted by atomic mass is 9.98. The molecule has 0 fully saturated rings. The van der Waals surface area contributed by atoms with Crippen LogP contribution in [0.4, 0.5) is 0 Å². The molecule has 0 saturated carbocycles. The first-order valence-corrected chi connectivity index (χ1v) is 6.35.